The minimum atomic E-state index is 0.578. The van der Waals surface area contributed by atoms with Crippen LogP contribution in [0.1, 0.15) is 50.7 Å². The van der Waals surface area contributed by atoms with E-state index in [0.717, 1.165) is 44.5 Å². The average Bonchev–Trinajstić information content (AvgIpc) is 2.96. The van der Waals surface area contributed by atoms with Gasteiger partial charge in [0.25, 0.3) is 0 Å². The fraction of sp³-hybridized carbons (Fsp3) is 0.895. The number of likely N-dealkylation sites (tertiary alicyclic amines) is 1. The lowest BCUT2D eigenvalue weighted by molar-refractivity contribution is 0.144. The summed E-state index contributed by atoms with van der Waals surface area (Å²) in [5, 5.41) is 9.10. The van der Waals surface area contributed by atoms with E-state index in [2.05, 4.69) is 57.4 Å². The molecule has 2 aliphatic rings. The molecule has 2 fully saturated rings. The summed E-state index contributed by atoms with van der Waals surface area (Å²) in [4.78, 5) is 7.52. The van der Waals surface area contributed by atoms with Gasteiger partial charge in [0.05, 0.1) is 6.54 Å². The molecule has 0 amide bonds. The molecule has 6 nitrogen and oxygen atoms in total. The van der Waals surface area contributed by atoms with Crippen LogP contribution in [0.5, 0.6) is 0 Å². The van der Waals surface area contributed by atoms with Gasteiger partial charge in [0, 0.05) is 39.1 Å². The number of rotatable bonds is 6. The second kappa shape index (κ2) is 8.60. The number of hydrogen-bond acceptors (Lipinski definition) is 5. The highest BCUT2D eigenvalue weighted by molar-refractivity contribution is 5.03. The molecule has 1 aromatic heterocycles. The van der Waals surface area contributed by atoms with Gasteiger partial charge in [0.15, 0.2) is 0 Å². The van der Waals surface area contributed by atoms with Gasteiger partial charge < -0.3 is 14.4 Å². The first-order valence-corrected chi connectivity index (χ1v) is 10.0. The van der Waals surface area contributed by atoms with Gasteiger partial charge in [-0.2, -0.15) is 0 Å². The Kier molecular flexibility index (Phi) is 6.47. The van der Waals surface area contributed by atoms with Gasteiger partial charge >= 0.3 is 0 Å². The Morgan fingerprint density at radius 2 is 1.60 bits per heavy atom. The van der Waals surface area contributed by atoms with E-state index in [1.54, 1.807) is 0 Å². The zero-order valence-corrected chi connectivity index (χ0v) is 16.6. The first kappa shape index (κ1) is 18.8. The van der Waals surface area contributed by atoms with Crippen molar-refractivity contribution in [2.24, 2.45) is 13.0 Å². The zero-order valence-electron chi connectivity index (χ0n) is 16.6. The van der Waals surface area contributed by atoms with Crippen molar-refractivity contribution in [3.8, 4) is 0 Å². The maximum absolute atomic E-state index is 4.58. The van der Waals surface area contributed by atoms with Crippen LogP contribution in [-0.4, -0.2) is 82.3 Å². The lowest BCUT2D eigenvalue weighted by Crippen LogP contribution is -2.44. The normalized spacial score (nSPS) is 22.1. The smallest absolute Gasteiger partial charge is 0.146 e. The van der Waals surface area contributed by atoms with Crippen LogP contribution in [0, 0.1) is 5.92 Å². The van der Waals surface area contributed by atoms with Crippen molar-refractivity contribution in [2.75, 3.05) is 52.9 Å². The Hall–Kier alpha value is -0.980. The Morgan fingerprint density at radius 1 is 0.920 bits per heavy atom. The first-order chi connectivity index (χ1) is 12.0. The molecule has 0 aliphatic carbocycles. The molecule has 6 heteroatoms. The Balaban J connectivity index is 1.51. The molecule has 0 unspecified atom stereocenters. The van der Waals surface area contributed by atoms with Crippen molar-refractivity contribution >= 4 is 0 Å². The molecular formula is C19H36N6. The molecule has 2 saturated heterocycles. The van der Waals surface area contributed by atoms with Crippen molar-refractivity contribution < 1.29 is 0 Å². The minimum Gasteiger partial charge on any atom is -0.317 e. The SMILES string of the molecule is CC(C)CCN1CCC(c2nnc(CN3CCN(C)CC3)n2C)CC1. The molecule has 0 spiro atoms. The first-order valence-electron chi connectivity index (χ1n) is 10.0. The Bertz CT molecular complexity index is 524. The summed E-state index contributed by atoms with van der Waals surface area (Å²) in [5.74, 6) is 3.71. The Morgan fingerprint density at radius 3 is 2.24 bits per heavy atom. The van der Waals surface area contributed by atoms with Crippen LogP contribution in [0.4, 0.5) is 0 Å². The van der Waals surface area contributed by atoms with Crippen molar-refractivity contribution in [2.45, 2.75) is 45.6 Å². The van der Waals surface area contributed by atoms with Crippen LogP contribution in [0.3, 0.4) is 0 Å². The third-order valence-electron chi connectivity index (χ3n) is 5.94. The van der Waals surface area contributed by atoms with E-state index in [1.807, 2.05) is 0 Å². The predicted octanol–water partition coefficient (Wildman–Crippen LogP) is 1.79. The Labute approximate surface area is 153 Å². The van der Waals surface area contributed by atoms with E-state index in [1.165, 1.54) is 44.7 Å². The third-order valence-corrected chi connectivity index (χ3v) is 5.94. The molecule has 0 bridgehead atoms. The van der Waals surface area contributed by atoms with Gasteiger partial charge in [-0.3, -0.25) is 4.90 Å². The fourth-order valence-electron chi connectivity index (χ4n) is 3.93. The van der Waals surface area contributed by atoms with Crippen molar-refractivity contribution in [3.05, 3.63) is 11.6 Å². The van der Waals surface area contributed by atoms with Gasteiger partial charge in [-0.05, 0) is 51.9 Å². The largest absolute Gasteiger partial charge is 0.317 e. The number of piperidine rings is 1. The standard InChI is InChI=1S/C19H36N6/c1-16(2)5-8-24-9-6-17(7-10-24)19-21-20-18(23(19)4)15-25-13-11-22(3)12-14-25/h16-17H,5-15H2,1-4H3. The summed E-state index contributed by atoms with van der Waals surface area (Å²) in [5.41, 5.74) is 0. The number of aromatic nitrogens is 3. The van der Waals surface area contributed by atoms with Crippen LogP contribution in [0.15, 0.2) is 0 Å². The maximum Gasteiger partial charge on any atom is 0.146 e. The lowest BCUT2D eigenvalue weighted by atomic mass is 9.95. The molecule has 1 aromatic rings. The van der Waals surface area contributed by atoms with Crippen LogP contribution < -0.4 is 0 Å². The molecule has 3 heterocycles. The molecule has 0 N–H and O–H groups in total. The summed E-state index contributed by atoms with van der Waals surface area (Å²) in [6, 6.07) is 0. The second-order valence-electron chi connectivity index (χ2n) is 8.41. The monoisotopic (exact) mass is 348 g/mol. The highest BCUT2D eigenvalue weighted by atomic mass is 15.3. The number of piperazine rings is 1. The molecule has 2 aliphatic heterocycles. The van der Waals surface area contributed by atoms with E-state index in [4.69, 9.17) is 0 Å². The quantitative estimate of drug-likeness (QED) is 0.784. The molecule has 0 radical (unpaired) electrons. The third kappa shape index (κ3) is 5.02. The van der Waals surface area contributed by atoms with Crippen LogP contribution in [-0.2, 0) is 13.6 Å². The topological polar surface area (TPSA) is 40.4 Å². The summed E-state index contributed by atoms with van der Waals surface area (Å²) >= 11 is 0. The number of likely N-dealkylation sites (N-methyl/N-ethyl adjacent to an activating group) is 1. The molecule has 0 aromatic carbocycles. The lowest BCUT2D eigenvalue weighted by Gasteiger charge is -2.32. The highest BCUT2D eigenvalue weighted by Gasteiger charge is 2.26. The number of hydrogen-bond donors (Lipinski definition) is 0. The predicted molar refractivity (Wildman–Crippen MR) is 102 cm³/mol. The summed E-state index contributed by atoms with van der Waals surface area (Å²) in [6.07, 6.45) is 3.75. The van der Waals surface area contributed by atoms with E-state index < -0.39 is 0 Å². The minimum absolute atomic E-state index is 0.578. The molecular weight excluding hydrogens is 312 g/mol. The van der Waals surface area contributed by atoms with Crippen molar-refractivity contribution in [3.63, 3.8) is 0 Å². The van der Waals surface area contributed by atoms with E-state index in [9.17, 15) is 0 Å². The van der Waals surface area contributed by atoms with Crippen LogP contribution in [0.25, 0.3) is 0 Å². The van der Waals surface area contributed by atoms with E-state index in [0.29, 0.717) is 5.92 Å². The van der Waals surface area contributed by atoms with E-state index >= 15 is 0 Å². The fourth-order valence-corrected chi connectivity index (χ4v) is 3.93. The van der Waals surface area contributed by atoms with Crippen LogP contribution >= 0.6 is 0 Å². The number of nitrogens with zero attached hydrogens (tertiary/aromatic N) is 6. The summed E-state index contributed by atoms with van der Waals surface area (Å²) < 4.78 is 2.27. The van der Waals surface area contributed by atoms with Crippen molar-refractivity contribution in [1.82, 2.24) is 29.5 Å². The van der Waals surface area contributed by atoms with Gasteiger partial charge in [-0.15, -0.1) is 10.2 Å². The molecule has 25 heavy (non-hydrogen) atoms. The van der Waals surface area contributed by atoms with Gasteiger partial charge in [-0.25, -0.2) is 0 Å². The zero-order chi connectivity index (χ0) is 17.8. The van der Waals surface area contributed by atoms with Crippen molar-refractivity contribution in [1.29, 1.82) is 0 Å². The molecule has 0 saturated carbocycles. The van der Waals surface area contributed by atoms with Gasteiger partial charge in [0.1, 0.15) is 11.6 Å². The summed E-state index contributed by atoms with van der Waals surface area (Å²) in [6.45, 7) is 13.8. The molecule has 0 atom stereocenters. The second-order valence-corrected chi connectivity index (χ2v) is 8.41. The highest BCUT2D eigenvalue weighted by Crippen LogP contribution is 2.27. The van der Waals surface area contributed by atoms with Gasteiger partial charge in [-0.1, -0.05) is 13.8 Å². The maximum atomic E-state index is 4.58. The van der Waals surface area contributed by atoms with Crippen LogP contribution in [0.2, 0.25) is 0 Å². The average molecular weight is 349 g/mol. The van der Waals surface area contributed by atoms with Gasteiger partial charge in [0.2, 0.25) is 0 Å². The molecule has 142 valence electrons. The summed E-state index contributed by atoms with van der Waals surface area (Å²) in [7, 11) is 4.36. The molecule has 3 rings (SSSR count). The van der Waals surface area contributed by atoms with E-state index in [-0.39, 0.29) is 0 Å².